The molecule has 2 aliphatic carbocycles. The van der Waals surface area contributed by atoms with Crippen molar-refractivity contribution in [3.63, 3.8) is 0 Å². The van der Waals surface area contributed by atoms with Crippen LogP contribution in [0.2, 0.25) is 11.1 Å². The number of aliphatic hydroxyl groups is 1. The molecular weight excluding hydrogens is 729 g/mol. The highest BCUT2D eigenvalue weighted by Gasteiger charge is 2.49. The molecule has 282 valence electrons. The zero-order valence-electron chi connectivity index (χ0n) is 29.9. The number of nitrogens with zero attached hydrogens (tertiary/aromatic N) is 1. The number of amides is 3. The maximum atomic E-state index is 14.1. The number of rotatable bonds is 20. The molecule has 3 N–H and O–H groups in total. The second kappa shape index (κ2) is 20.2. The van der Waals surface area contributed by atoms with E-state index >= 15 is 0 Å². The summed E-state index contributed by atoms with van der Waals surface area (Å²) in [6.45, 7) is 3.87. The SMILES string of the molecule is CCOP(=O)(OCC)C(O)[Si@H](CCC(=O)N(C)CCc1ccccc1)NC(=O)[C@H](CC1CCCCC1)SNC(=O)OC1(c2cccc(Cl)c2)CC1. The van der Waals surface area contributed by atoms with E-state index in [0.29, 0.717) is 37.3 Å². The summed E-state index contributed by atoms with van der Waals surface area (Å²) >= 11 is 7.18. The second-order valence-electron chi connectivity index (χ2n) is 13.3. The molecule has 0 heterocycles. The van der Waals surface area contributed by atoms with E-state index < -0.39 is 44.9 Å². The molecule has 11 nitrogen and oxygen atoms in total. The molecule has 51 heavy (non-hydrogen) atoms. The average Bonchev–Trinajstić information content (AvgIpc) is 3.91. The minimum Gasteiger partial charge on any atom is -0.437 e. The van der Waals surface area contributed by atoms with Crippen molar-refractivity contribution in [3.8, 4) is 0 Å². The van der Waals surface area contributed by atoms with Crippen LogP contribution in [-0.4, -0.2) is 74.4 Å². The fourth-order valence-corrected chi connectivity index (χ4v) is 13.4. The van der Waals surface area contributed by atoms with E-state index in [2.05, 4.69) is 9.70 Å². The third-order valence-electron chi connectivity index (χ3n) is 9.50. The van der Waals surface area contributed by atoms with Gasteiger partial charge in [0.15, 0.2) is 14.4 Å². The smallest absolute Gasteiger partial charge is 0.418 e. The molecule has 0 bridgehead atoms. The highest BCUT2D eigenvalue weighted by Crippen LogP contribution is 2.53. The molecule has 2 aromatic carbocycles. The van der Waals surface area contributed by atoms with E-state index in [9.17, 15) is 24.1 Å². The molecule has 4 rings (SSSR count). The lowest BCUT2D eigenvalue weighted by atomic mass is 9.86. The molecule has 0 aliphatic heterocycles. The molecule has 2 aromatic rings. The van der Waals surface area contributed by atoms with E-state index in [0.717, 1.165) is 55.2 Å². The number of likely N-dealkylation sites (N-methyl/N-ethyl adjacent to an activating group) is 1. The number of halogens is 1. The molecule has 3 atom stereocenters. The van der Waals surface area contributed by atoms with Gasteiger partial charge in [-0.25, -0.2) is 4.79 Å². The largest absolute Gasteiger partial charge is 0.437 e. The van der Waals surface area contributed by atoms with Crippen LogP contribution in [0.25, 0.3) is 0 Å². The van der Waals surface area contributed by atoms with Gasteiger partial charge in [0.2, 0.25) is 11.8 Å². The van der Waals surface area contributed by atoms with Crippen LogP contribution in [-0.2, 0) is 40.0 Å². The number of nitrogens with one attached hydrogen (secondary N) is 2. The van der Waals surface area contributed by atoms with Crippen molar-refractivity contribution in [1.29, 1.82) is 0 Å². The van der Waals surface area contributed by atoms with Gasteiger partial charge in [-0.15, -0.1) is 0 Å². The van der Waals surface area contributed by atoms with Crippen molar-refractivity contribution in [2.45, 2.75) is 100 Å². The minimum atomic E-state index is -4.03. The Morgan fingerprint density at radius 2 is 1.75 bits per heavy atom. The van der Waals surface area contributed by atoms with E-state index in [-0.39, 0.29) is 37.5 Å². The quantitative estimate of drug-likeness (QED) is 0.0729. The predicted octanol–water partition coefficient (Wildman–Crippen LogP) is 7.10. The summed E-state index contributed by atoms with van der Waals surface area (Å²) in [4.78, 5) is 45.1. The first-order valence-electron chi connectivity index (χ1n) is 18.0. The topological polar surface area (TPSA) is 144 Å². The summed E-state index contributed by atoms with van der Waals surface area (Å²) in [6, 6.07) is 17.2. The monoisotopic (exact) mass is 781 g/mol. The Kier molecular flexibility index (Phi) is 16.4. The Bertz CT molecular complexity index is 1470. The molecule has 2 saturated carbocycles. The highest BCUT2D eigenvalue weighted by molar-refractivity contribution is 7.99. The van der Waals surface area contributed by atoms with E-state index in [1.54, 1.807) is 37.9 Å². The van der Waals surface area contributed by atoms with Gasteiger partial charge >= 0.3 is 13.7 Å². The Balaban J connectivity index is 1.46. The zero-order valence-corrected chi connectivity index (χ0v) is 33.5. The number of carbonyl (C=O) groups excluding carboxylic acids is 3. The lowest BCUT2D eigenvalue weighted by Crippen LogP contribution is -2.52. The first kappa shape index (κ1) is 41.4. The number of hydrogen-bond acceptors (Lipinski definition) is 9. The summed E-state index contributed by atoms with van der Waals surface area (Å²) < 4.78 is 33.3. The van der Waals surface area contributed by atoms with E-state index in [4.69, 9.17) is 25.4 Å². The van der Waals surface area contributed by atoms with Gasteiger partial charge in [-0.1, -0.05) is 86.2 Å². The number of benzene rings is 2. The molecule has 0 radical (unpaired) electrons. The Morgan fingerprint density at radius 1 is 1.06 bits per heavy atom. The van der Waals surface area contributed by atoms with Crippen LogP contribution in [0.4, 0.5) is 4.79 Å². The van der Waals surface area contributed by atoms with Gasteiger partial charge in [0.05, 0.1) is 13.2 Å². The van der Waals surface area contributed by atoms with Gasteiger partial charge < -0.3 is 28.8 Å². The van der Waals surface area contributed by atoms with Gasteiger partial charge in [-0.05, 0) is 86.7 Å². The van der Waals surface area contributed by atoms with E-state index in [1.807, 2.05) is 42.5 Å². The average molecular weight is 782 g/mol. The molecule has 0 spiro atoms. The minimum absolute atomic E-state index is 0.0351. The van der Waals surface area contributed by atoms with Crippen molar-refractivity contribution in [2.75, 3.05) is 26.8 Å². The lowest BCUT2D eigenvalue weighted by molar-refractivity contribution is -0.129. The fourth-order valence-electron chi connectivity index (χ4n) is 6.46. The summed E-state index contributed by atoms with van der Waals surface area (Å²) in [5.74, 6) is -0.273. The summed E-state index contributed by atoms with van der Waals surface area (Å²) in [7, 11) is -5.27. The van der Waals surface area contributed by atoms with Crippen LogP contribution in [0.1, 0.15) is 82.8 Å². The fraction of sp³-hybridized carbons (Fsp3) is 0.583. The van der Waals surface area contributed by atoms with Gasteiger partial charge in [0.25, 0.3) is 0 Å². The van der Waals surface area contributed by atoms with Crippen molar-refractivity contribution in [3.05, 3.63) is 70.7 Å². The predicted molar refractivity (Wildman–Crippen MR) is 204 cm³/mol. The highest BCUT2D eigenvalue weighted by atomic mass is 35.5. The van der Waals surface area contributed by atoms with Crippen molar-refractivity contribution in [2.24, 2.45) is 5.92 Å². The van der Waals surface area contributed by atoms with Crippen molar-refractivity contribution in [1.82, 2.24) is 14.6 Å². The summed E-state index contributed by atoms with van der Waals surface area (Å²) in [6.07, 6.45) is 7.15. The first-order valence-corrected chi connectivity index (χ1v) is 23.0. The molecule has 2 fully saturated rings. The van der Waals surface area contributed by atoms with Crippen molar-refractivity contribution < 1.29 is 37.8 Å². The van der Waals surface area contributed by atoms with Crippen LogP contribution >= 0.6 is 31.1 Å². The van der Waals surface area contributed by atoms with Crippen molar-refractivity contribution >= 4 is 58.0 Å². The molecular formula is C36H53ClN3O8PSSi. The Labute approximate surface area is 313 Å². The number of hydrogen-bond donors (Lipinski definition) is 3. The number of carbonyl (C=O) groups is 3. The van der Waals surface area contributed by atoms with Crippen LogP contribution in [0, 0.1) is 5.92 Å². The zero-order chi connectivity index (χ0) is 36.9. The maximum absolute atomic E-state index is 14.1. The number of aliphatic hydroxyl groups excluding tert-OH is 1. The van der Waals surface area contributed by atoms with E-state index in [1.165, 1.54) is 0 Å². The molecule has 1 unspecified atom stereocenters. The van der Waals surface area contributed by atoms with Gasteiger partial charge in [0, 0.05) is 25.0 Å². The Morgan fingerprint density at radius 3 is 2.37 bits per heavy atom. The van der Waals surface area contributed by atoms with Gasteiger partial charge in [-0.3, -0.25) is 18.9 Å². The molecule has 2 aliphatic rings. The molecule has 15 heteroatoms. The standard InChI is InChI=1S/C36H53ClN3O8PSSi/c1-4-46-49(45,47-5-2)35(44)51(24-20-32(41)40(3)23-19-27-13-8-6-9-14-27)39-33(42)31(25-28-15-10-7-11-16-28)50-38-34(43)48-36(21-22-36)29-17-12-18-30(37)26-29/h6,8-9,12-14,17-18,26,28,31,35,44,51H,4-5,7,10-11,15-16,19-25H2,1-3H3,(H,38,43)(H,39,42)/t31-,35?,51-/m0/s1. The maximum Gasteiger partial charge on any atom is 0.418 e. The summed E-state index contributed by atoms with van der Waals surface area (Å²) in [5, 5.41) is 11.4. The van der Waals surface area contributed by atoms with Gasteiger partial charge in [-0.2, -0.15) is 0 Å². The van der Waals surface area contributed by atoms with Crippen LogP contribution in [0.15, 0.2) is 54.6 Å². The molecule has 0 saturated heterocycles. The van der Waals surface area contributed by atoms with Gasteiger partial charge in [0.1, 0.15) is 10.9 Å². The summed E-state index contributed by atoms with van der Waals surface area (Å²) in [5.41, 5.74) is -0.409. The second-order valence-corrected chi connectivity index (χ2v) is 20.2. The third-order valence-corrected chi connectivity index (χ3v) is 17.1. The van der Waals surface area contributed by atoms with Crippen LogP contribution in [0.3, 0.4) is 0 Å². The molecule has 3 amide bonds. The lowest BCUT2D eigenvalue weighted by Gasteiger charge is -2.31. The number of ether oxygens (including phenoxy) is 1. The first-order chi connectivity index (χ1) is 24.5. The van der Waals surface area contributed by atoms with Crippen LogP contribution < -0.4 is 9.70 Å². The normalized spacial score (nSPS) is 17.5. The molecule has 0 aromatic heterocycles. The third kappa shape index (κ3) is 12.6. The Hall–Kier alpha value is -2.38. The van der Waals surface area contributed by atoms with Crippen LogP contribution in [0.5, 0.6) is 0 Å².